The summed E-state index contributed by atoms with van der Waals surface area (Å²) in [5, 5.41) is 9.97. The first kappa shape index (κ1) is 28.5. The summed E-state index contributed by atoms with van der Waals surface area (Å²) in [7, 11) is -17.0. The molecule has 3 rings (SSSR count). The van der Waals surface area contributed by atoms with Gasteiger partial charge in [0.05, 0.1) is 6.61 Å². The summed E-state index contributed by atoms with van der Waals surface area (Å²) in [6, 6.07) is 0. The molecule has 2 aromatic heterocycles. The fraction of sp³-hybridized carbons (Fsp3) is 0.538. The normalized spacial score (nSPS) is 28.8. The SMILES string of the molecule is Cc1nc2c(c(F)cn2[C@@H]2O[C@H](COP(=O)(O)OP(=O)(O)OP(=O)(O)O)[C@H](O)C2(Cl)CF)c(=O)[nH]1. The van der Waals surface area contributed by atoms with Crippen molar-refractivity contribution in [2.45, 2.75) is 30.2 Å². The van der Waals surface area contributed by atoms with Crippen LogP contribution in [0.5, 0.6) is 0 Å². The Bertz CT molecular complexity index is 1330. The molecule has 0 amide bonds. The standard InChI is InChI=1S/C13H17ClF2N3O13P3/c1-5-17-10-8(11(21)18-5)6(16)2-19(10)12-13(14,4-15)9(20)7(30-12)3-29-34(25,26)32-35(27,28)31-33(22,23)24/h2,7,9,12,20H,3-4H2,1H3,(H,25,26)(H,27,28)(H,17,18,21)(H2,22,23,24)/t7-,9+,12-,13?/m1/s1. The molecule has 1 aliphatic heterocycles. The molecule has 1 aliphatic rings. The summed E-state index contributed by atoms with van der Waals surface area (Å²) in [6.45, 7) is -1.30. The Balaban J connectivity index is 1.86. The topological polar surface area (TPSA) is 240 Å². The lowest BCUT2D eigenvalue weighted by molar-refractivity contribution is -0.0437. The van der Waals surface area contributed by atoms with Gasteiger partial charge >= 0.3 is 23.5 Å². The van der Waals surface area contributed by atoms with Crippen molar-refractivity contribution in [2.75, 3.05) is 13.3 Å². The maximum Gasteiger partial charge on any atom is 0.490 e. The molecule has 6 atom stereocenters. The minimum Gasteiger partial charge on any atom is -0.388 e. The van der Waals surface area contributed by atoms with Gasteiger partial charge < -0.3 is 39.0 Å². The van der Waals surface area contributed by atoms with Crippen molar-refractivity contribution in [2.24, 2.45) is 0 Å². The second-order valence-corrected chi connectivity index (χ2v) is 12.3. The molecule has 3 unspecified atom stereocenters. The van der Waals surface area contributed by atoms with E-state index in [1.807, 2.05) is 0 Å². The van der Waals surface area contributed by atoms with Crippen molar-refractivity contribution < 1.29 is 65.0 Å². The van der Waals surface area contributed by atoms with Crippen molar-refractivity contribution >= 4 is 46.1 Å². The fourth-order valence-electron chi connectivity index (χ4n) is 3.25. The highest BCUT2D eigenvalue weighted by Crippen LogP contribution is 2.66. The number of rotatable bonds is 9. The summed E-state index contributed by atoms with van der Waals surface area (Å²) >= 11 is 6.20. The molecule has 1 fully saturated rings. The zero-order chi connectivity index (χ0) is 26.6. The Morgan fingerprint density at radius 3 is 2.46 bits per heavy atom. The predicted molar refractivity (Wildman–Crippen MR) is 109 cm³/mol. The molecule has 0 bridgehead atoms. The van der Waals surface area contributed by atoms with E-state index in [4.69, 9.17) is 26.1 Å². The molecular weight excluding hydrogens is 573 g/mol. The van der Waals surface area contributed by atoms with Gasteiger partial charge in [-0.1, -0.05) is 0 Å². The Morgan fingerprint density at radius 2 is 1.89 bits per heavy atom. The highest BCUT2D eigenvalue weighted by Gasteiger charge is 2.57. The summed E-state index contributed by atoms with van der Waals surface area (Å²) in [6.07, 6.45) is -4.81. The molecule has 1 saturated heterocycles. The lowest BCUT2D eigenvalue weighted by Gasteiger charge is -2.28. The third-order valence-corrected chi connectivity index (χ3v) is 8.90. The predicted octanol–water partition coefficient (Wildman–Crippen LogP) is 0.721. The summed E-state index contributed by atoms with van der Waals surface area (Å²) in [5.74, 6) is -1.04. The van der Waals surface area contributed by atoms with Gasteiger partial charge in [0.25, 0.3) is 5.56 Å². The van der Waals surface area contributed by atoms with Gasteiger partial charge in [0.15, 0.2) is 17.7 Å². The first-order chi connectivity index (χ1) is 15.9. The van der Waals surface area contributed by atoms with E-state index in [-0.39, 0.29) is 11.5 Å². The number of aromatic nitrogens is 3. The monoisotopic (exact) mass is 589 g/mol. The zero-order valence-corrected chi connectivity index (χ0v) is 20.5. The second kappa shape index (κ2) is 9.65. The molecule has 2 aromatic rings. The van der Waals surface area contributed by atoms with Crippen LogP contribution in [0.3, 0.4) is 0 Å². The second-order valence-electron chi connectivity index (χ2n) is 7.15. The van der Waals surface area contributed by atoms with Crippen molar-refractivity contribution in [3.8, 4) is 0 Å². The number of aryl methyl sites for hydroxylation is 1. The van der Waals surface area contributed by atoms with Gasteiger partial charge in [-0.15, -0.1) is 11.6 Å². The number of nitrogens with one attached hydrogen (secondary N) is 1. The minimum atomic E-state index is -5.81. The number of hydrogen-bond acceptors (Lipinski definition) is 10. The van der Waals surface area contributed by atoms with Crippen LogP contribution in [0.15, 0.2) is 11.0 Å². The van der Waals surface area contributed by atoms with Crippen molar-refractivity contribution in [3.63, 3.8) is 0 Å². The number of fused-ring (bicyclic) bond motifs is 1. The van der Waals surface area contributed by atoms with E-state index in [9.17, 15) is 42.2 Å². The van der Waals surface area contributed by atoms with Crippen LogP contribution >= 0.6 is 35.1 Å². The van der Waals surface area contributed by atoms with Crippen LogP contribution in [-0.4, -0.2) is 69.6 Å². The quantitative estimate of drug-likeness (QED) is 0.174. The van der Waals surface area contributed by atoms with Gasteiger partial charge in [-0.05, 0) is 6.92 Å². The molecule has 6 N–H and O–H groups in total. The molecule has 0 radical (unpaired) electrons. The number of halogens is 3. The molecule has 0 spiro atoms. The molecular formula is C13H17ClF2N3O13P3. The minimum absolute atomic E-state index is 0.0463. The van der Waals surface area contributed by atoms with Gasteiger partial charge in [-0.3, -0.25) is 9.32 Å². The van der Waals surface area contributed by atoms with Crippen LogP contribution in [0.25, 0.3) is 11.0 Å². The van der Waals surface area contributed by atoms with E-state index < -0.39 is 76.8 Å². The van der Waals surface area contributed by atoms with E-state index in [1.54, 1.807) is 0 Å². The van der Waals surface area contributed by atoms with Crippen LogP contribution in [0.1, 0.15) is 12.1 Å². The fourth-order valence-corrected chi connectivity index (χ4v) is 6.58. The Labute approximate surface area is 197 Å². The van der Waals surface area contributed by atoms with Gasteiger partial charge in [0, 0.05) is 6.20 Å². The number of phosphoric ester groups is 1. The number of aromatic amines is 1. The molecule has 0 aromatic carbocycles. The van der Waals surface area contributed by atoms with Gasteiger partial charge in [0.1, 0.15) is 35.0 Å². The van der Waals surface area contributed by atoms with Crippen LogP contribution in [0.4, 0.5) is 8.78 Å². The maximum absolute atomic E-state index is 14.4. The first-order valence-corrected chi connectivity index (χ1v) is 13.9. The summed E-state index contributed by atoms with van der Waals surface area (Å²) in [5.41, 5.74) is -1.19. The van der Waals surface area contributed by atoms with Crippen molar-refractivity contribution in [3.05, 3.63) is 28.2 Å². The van der Waals surface area contributed by atoms with Crippen LogP contribution in [0.2, 0.25) is 0 Å². The Morgan fingerprint density at radius 1 is 1.26 bits per heavy atom. The average molecular weight is 590 g/mol. The average Bonchev–Trinajstić information content (AvgIpc) is 3.12. The highest BCUT2D eigenvalue weighted by molar-refractivity contribution is 7.66. The molecule has 22 heteroatoms. The van der Waals surface area contributed by atoms with Gasteiger partial charge in [-0.25, -0.2) is 27.5 Å². The number of alkyl halides is 2. The number of H-pyrrole nitrogens is 1. The first-order valence-electron chi connectivity index (χ1n) is 9.03. The van der Waals surface area contributed by atoms with Crippen LogP contribution in [0, 0.1) is 12.7 Å². The van der Waals surface area contributed by atoms with Gasteiger partial charge in [0.2, 0.25) is 0 Å². The van der Waals surface area contributed by atoms with E-state index >= 15 is 0 Å². The number of aliphatic hydroxyl groups is 1. The van der Waals surface area contributed by atoms with E-state index in [1.165, 1.54) is 6.92 Å². The van der Waals surface area contributed by atoms with Crippen molar-refractivity contribution in [1.29, 1.82) is 0 Å². The number of phosphoric acid groups is 3. The number of ether oxygens (including phenoxy) is 1. The van der Waals surface area contributed by atoms with E-state index in [2.05, 4.69) is 23.1 Å². The third-order valence-electron chi connectivity index (χ3n) is 4.59. The molecule has 35 heavy (non-hydrogen) atoms. The maximum atomic E-state index is 14.4. The molecule has 3 heterocycles. The lowest BCUT2D eigenvalue weighted by atomic mass is 10.0. The van der Waals surface area contributed by atoms with Gasteiger partial charge in [-0.2, -0.15) is 8.62 Å². The number of aliphatic hydroxyl groups excluding tert-OH is 1. The zero-order valence-electron chi connectivity index (χ0n) is 17.1. The summed E-state index contributed by atoms with van der Waals surface area (Å²) in [4.78, 5) is 51.7. The lowest BCUT2D eigenvalue weighted by Crippen LogP contribution is -2.44. The molecule has 198 valence electrons. The van der Waals surface area contributed by atoms with Crippen LogP contribution in [-0.2, 0) is 31.6 Å². The van der Waals surface area contributed by atoms with E-state index in [0.29, 0.717) is 6.20 Å². The third kappa shape index (κ3) is 6.08. The smallest absolute Gasteiger partial charge is 0.388 e. The Hall–Kier alpha value is -1.10. The molecule has 0 saturated carbocycles. The largest absolute Gasteiger partial charge is 0.490 e. The highest BCUT2D eigenvalue weighted by atomic mass is 35.5. The summed E-state index contributed by atoms with van der Waals surface area (Å²) < 4.78 is 80.1. The molecule has 16 nitrogen and oxygen atoms in total. The van der Waals surface area contributed by atoms with Crippen LogP contribution < -0.4 is 5.56 Å². The van der Waals surface area contributed by atoms with E-state index in [0.717, 1.165) is 4.57 Å². The number of hydrogen-bond donors (Lipinski definition) is 6. The number of nitrogens with zero attached hydrogens (tertiary/aromatic N) is 2. The van der Waals surface area contributed by atoms with Crippen molar-refractivity contribution in [1.82, 2.24) is 14.5 Å². The Kier molecular flexibility index (Phi) is 7.85. The molecule has 0 aliphatic carbocycles.